The molecule has 2 amide bonds. The van der Waals surface area contributed by atoms with E-state index in [0.717, 1.165) is 22.3 Å². The molecule has 8 nitrogen and oxygen atoms in total. The van der Waals surface area contributed by atoms with Gasteiger partial charge in [0.15, 0.2) is 0 Å². The molecule has 33 heavy (non-hydrogen) atoms. The van der Waals surface area contributed by atoms with E-state index in [9.17, 15) is 14.4 Å². The minimum atomic E-state index is -1.12. The van der Waals surface area contributed by atoms with Crippen LogP contribution in [0.4, 0.5) is 4.79 Å². The van der Waals surface area contributed by atoms with Gasteiger partial charge in [-0.3, -0.25) is 9.59 Å². The number of carbonyl (C=O) groups is 3. The first-order valence-corrected chi connectivity index (χ1v) is 11.0. The molecule has 2 aromatic carbocycles. The van der Waals surface area contributed by atoms with Crippen LogP contribution in [0.25, 0.3) is 11.1 Å². The zero-order valence-electron chi connectivity index (χ0n) is 19.1. The van der Waals surface area contributed by atoms with Crippen LogP contribution in [-0.2, 0) is 19.1 Å². The molecule has 0 saturated carbocycles. The lowest BCUT2D eigenvalue weighted by atomic mass is 9.98. The highest BCUT2D eigenvalue weighted by Crippen LogP contribution is 2.44. The largest absolute Gasteiger partial charge is 0.480 e. The molecule has 0 radical (unpaired) electrons. The van der Waals surface area contributed by atoms with Gasteiger partial charge in [0, 0.05) is 32.1 Å². The molecule has 0 heterocycles. The maximum atomic E-state index is 13.0. The number of ether oxygens (including phenoxy) is 2. The molecule has 3 rings (SSSR count). The molecule has 1 aliphatic carbocycles. The Kier molecular flexibility index (Phi) is 8.06. The van der Waals surface area contributed by atoms with Crippen LogP contribution in [0.5, 0.6) is 0 Å². The summed E-state index contributed by atoms with van der Waals surface area (Å²) in [5.74, 6) is -1.71. The summed E-state index contributed by atoms with van der Waals surface area (Å²) in [6.45, 7) is 3.34. The van der Waals surface area contributed by atoms with Gasteiger partial charge >= 0.3 is 12.1 Å². The predicted octanol–water partition coefficient (Wildman–Crippen LogP) is 3.25. The van der Waals surface area contributed by atoms with Crippen molar-refractivity contribution in [3.8, 4) is 11.1 Å². The summed E-state index contributed by atoms with van der Waals surface area (Å²) >= 11 is 0. The molecule has 0 bridgehead atoms. The monoisotopic (exact) mass is 454 g/mol. The van der Waals surface area contributed by atoms with Gasteiger partial charge in [0.1, 0.15) is 19.2 Å². The lowest BCUT2D eigenvalue weighted by Gasteiger charge is -2.29. The fourth-order valence-electron chi connectivity index (χ4n) is 4.14. The second kappa shape index (κ2) is 11.0. The van der Waals surface area contributed by atoms with Crippen LogP contribution in [0.1, 0.15) is 37.3 Å². The third-order valence-corrected chi connectivity index (χ3v) is 5.76. The Bertz CT molecular complexity index is 960. The van der Waals surface area contributed by atoms with E-state index in [1.54, 1.807) is 13.8 Å². The SMILES string of the molecule is COCCC(NC(=O)OCC1c2ccccc2-c2ccccc21)C(=O)N(CC(=O)O)C(C)C. The molecular weight excluding hydrogens is 424 g/mol. The van der Waals surface area contributed by atoms with Gasteiger partial charge in [0.2, 0.25) is 5.91 Å². The fraction of sp³-hybridized carbons (Fsp3) is 0.400. The molecule has 2 aromatic rings. The van der Waals surface area contributed by atoms with Gasteiger partial charge in [-0.1, -0.05) is 48.5 Å². The van der Waals surface area contributed by atoms with Gasteiger partial charge in [-0.25, -0.2) is 4.79 Å². The van der Waals surface area contributed by atoms with Crippen molar-refractivity contribution in [1.29, 1.82) is 0 Å². The van der Waals surface area contributed by atoms with Crippen LogP contribution in [0, 0.1) is 0 Å². The zero-order valence-corrected chi connectivity index (χ0v) is 19.1. The summed E-state index contributed by atoms with van der Waals surface area (Å²) in [7, 11) is 1.49. The van der Waals surface area contributed by atoms with Crippen molar-refractivity contribution >= 4 is 18.0 Å². The van der Waals surface area contributed by atoms with E-state index < -0.39 is 30.6 Å². The van der Waals surface area contributed by atoms with Crippen molar-refractivity contribution in [1.82, 2.24) is 10.2 Å². The number of carboxylic acid groups (broad SMARTS) is 1. The van der Waals surface area contributed by atoms with E-state index >= 15 is 0 Å². The first-order chi connectivity index (χ1) is 15.8. The van der Waals surface area contributed by atoms with Crippen LogP contribution >= 0.6 is 0 Å². The first kappa shape index (κ1) is 24.3. The topological polar surface area (TPSA) is 105 Å². The van der Waals surface area contributed by atoms with Crippen molar-refractivity contribution in [2.24, 2.45) is 0 Å². The van der Waals surface area contributed by atoms with E-state index in [4.69, 9.17) is 14.6 Å². The van der Waals surface area contributed by atoms with Gasteiger partial charge in [-0.2, -0.15) is 0 Å². The van der Waals surface area contributed by atoms with Gasteiger partial charge in [0.05, 0.1) is 0 Å². The Labute approximate surface area is 193 Å². The molecule has 0 aliphatic heterocycles. The smallest absolute Gasteiger partial charge is 0.407 e. The summed E-state index contributed by atoms with van der Waals surface area (Å²) in [6, 6.07) is 14.7. The van der Waals surface area contributed by atoms with E-state index in [2.05, 4.69) is 17.4 Å². The first-order valence-electron chi connectivity index (χ1n) is 11.0. The maximum absolute atomic E-state index is 13.0. The van der Waals surface area contributed by atoms with E-state index in [1.165, 1.54) is 12.0 Å². The standard InChI is InChI=1S/C25H30N2O6/c1-16(2)27(14-23(28)29)24(30)22(12-13-32-3)26-25(31)33-15-21-19-10-6-4-8-17(19)18-9-5-7-11-20(18)21/h4-11,16,21-22H,12-15H2,1-3H3,(H,26,31)(H,28,29). The Morgan fingerprint density at radius 2 is 1.61 bits per heavy atom. The number of hydrogen-bond acceptors (Lipinski definition) is 5. The van der Waals surface area contributed by atoms with Gasteiger partial charge in [-0.05, 0) is 36.1 Å². The number of fused-ring (bicyclic) bond motifs is 3. The van der Waals surface area contributed by atoms with Crippen LogP contribution in [0.2, 0.25) is 0 Å². The number of benzene rings is 2. The zero-order chi connectivity index (χ0) is 24.0. The summed E-state index contributed by atoms with van der Waals surface area (Å²) in [5.41, 5.74) is 4.42. The number of methoxy groups -OCH3 is 1. The predicted molar refractivity (Wildman–Crippen MR) is 123 cm³/mol. The Morgan fingerprint density at radius 1 is 1.03 bits per heavy atom. The van der Waals surface area contributed by atoms with Gasteiger partial charge < -0.3 is 24.8 Å². The Balaban J connectivity index is 1.70. The third-order valence-electron chi connectivity index (χ3n) is 5.76. The highest BCUT2D eigenvalue weighted by atomic mass is 16.5. The molecule has 1 unspecified atom stereocenters. The molecule has 1 atom stereocenters. The maximum Gasteiger partial charge on any atom is 0.407 e. The number of nitrogens with zero attached hydrogens (tertiary/aromatic N) is 1. The highest BCUT2D eigenvalue weighted by Gasteiger charge is 2.31. The summed E-state index contributed by atoms with van der Waals surface area (Å²) in [5, 5.41) is 11.8. The van der Waals surface area contributed by atoms with Crippen molar-refractivity contribution in [3.05, 3.63) is 59.7 Å². The number of amides is 2. The molecule has 1 aliphatic rings. The van der Waals surface area contributed by atoms with E-state index in [-0.39, 0.29) is 31.6 Å². The lowest BCUT2D eigenvalue weighted by molar-refractivity contribution is -0.146. The van der Waals surface area contributed by atoms with Crippen molar-refractivity contribution in [2.75, 3.05) is 26.9 Å². The number of rotatable bonds is 10. The summed E-state index contributed by atoms with van der Waals surface area (Å²) in [6.07, 6.45) is -0.534. The molecule has 0 aromatic heterocycles. The normalized spacial score (nSPS) is 13.2. The quantitative estimate of drug-likeness (QED) is 0.571. The molecule has 176 valence electrons. The van der Waals surface area contributed by atoms with E-state index in [0.29, 0.717) is 0 Å². The number of nitrogens with one attached hydrogen (secondary N) is 1. The van der Waals surface area contributed by atoms with Crippen molar-refractivity contribution in [3.63, 3.8) is 0 Å². The Morgan fingerprint density at radius 3 is 2.12 bits per heavy atom. The minimum absolute atomic E-state index is 0.101. The molecule has 0 saturated heterocycles. The van der Waals surface area contributed by atoms with Crippen LogP contribution in [-0.4, -0.2) is 66.9 Å². The van der Waals surface area contributed by atoms with Gasteiger partial charge in [-0.15, -0.1) is 0 Å². The minimum Gasteiger partial charge on any atom is -0.480 e. The van der Waals surface area contributed by atoms with Crippen LogP contribution < -0.4 is 5.32 Å². The number of aliphatic carboxylic acids is 1. The molecule has 2 N–H and O–H groups in total. The van der Waals surface area contributed by atoms with E-state index in [1.807, 2.05) is 36.4 Å². The fourth-order valence-corrected chi connectivity index (χ4v) is 4.14. The summed E-state index contributed by atoms with van der Waals surface area (Å²) in [4.78, 5) is 38.1. The lowest BCUT2D eigenvalue weighted by Crippen LogP contribution is -2.52. The second-order valence-electron chi connectivity index (χ2n) is 8.26. The van der Waals surface area contributed by atoms with Gasteiger partial charge in [0.25, 0.3) is 0 Å². The van der Waals surface area contributed by atoms with Crippen LogP contribution in [0.3, 0.4) is 0 Å². The second-order valence-corrected chi connectivity index (χ2v) is 8.26. The number of alkyl carbamates (subject to hydrolysis) is 1. The van der Waals surface area contributed by atoms with Crippen LogP contribution in [0.15, 0.2) is 48.5 Å². The van der Waals surface area contributed by atoms with Crippen molar-refractivity contribution < 1.29 is 29.0 Å². The van der Waals surface area contributed by atoms with Crippen molar-refractivity contribution in [2.45, 2.75) is 38.3 Å². The highest BCUT2D eigenvalue weighted by molar-refractivity contribution is 5.88. The number of hydrogen-bond donors (Lipinski definition) is 2. The average molecular weight is 455 g/mol. The molecule has 0 spiro atoms. The summed E-state index contributed by atoms with van der Waals surface area (Å²) < 4.78 is 10.6. The number of carboxylic acids is 1. The Hall–Kier alpha value is -3.39. The average Bonchev–Trinajstić information content (AvgIpc) is 3.12. The number of carbonyl (C=O) groups excluding carboxylic acids is 2. The molecular formula is C25H30N2O6. The molecule has 0 fully saturated rings. The molecule has 8 heteroatoms. The third kappa shape index (κ3) is 5.70.